The summed E-state index contributed by atoms with van der Waals surface area (Å²) in [4.78, 5) is 39.9. The van der Waals surface area contributed by atoms with E-state index < -0.39 is 22.9 Å². The second-order valence-electron chi connectivity index (χ2n) is 9.04. The zero-order valence-electron chi connectivity index (χ0n) is 22.4. The summed E-state index contributed by atoms with van der Waals surface area (Å²) in [5, 5.41) is 8.14. The quantitative estimate of drug-likeness (QED) is 0.118. The summed E-state index contributed by atoms with van der Waals surface area (Å²) in [6, 6.07) is 26.9. The third-order valence-electron chi connectivity index (χ3n) is 5.91. The first-order valence-electron chi connectivity index (χ1n) is 12.9. The van der Waals surface area contributed by atoms with E-state index in [-0.39, 0.29) is 17.3 Å². The molecular formula is C32H26BrClFN3O3S. The molecule has 0 spiro atoms. The highest BCUT2D eigenvalue weighted by Gasteiger charge is 2.20. The number of hydrogen-bond donors (Lipinski definition) is 3. The molecule has 42 heavy (non-hydrogen) atoms. The first-order valence-corrected chi connectivity index (χ1v) is 14.9. The molecule has 0 fully saturated rings. The molecule has 0 aliphatic heterocycles. The largest absolute Gasteiger partial charge is 0.323 e. The SMILES string of the molecule is CCC(Sc1cccc(NC(=O)/C(=C/c2cccc(Cl)c2)NC(=O)c2ccccc2)c1)C(=O)Nc1ccc(Br)cc1F. The van der Waals surface area contributed by atoms with E-state index in [0.717, 1.165) is 4.90 Å². The first-order chi connectivity index (χ1) is 20.2. The van der Waals surface area contributed by atoms with Crippen LogP contribution in [0.3, 0.4) is 0 Å². The van der Waals surface area contributed by atoms with Crippen molar-refractivity contribution in [1.29, 1.82) is 0 Å². The first kappa shape index (κ1) is 31.0. The minimum atomic E-state index is -0.545. The molecule has 4 aromatic carbocycles. The maximum atomic E-state index is 14.2. The minimum Gasteiger partial charge on any atom is -0.323 e. The third-order valence-corrected chi connectivity index (χ3v) is 8.00. The van der Waals surface area contributed by atoms with Gasteiger partial charge in [-0.3, -0.25) is 14.4 Å². The van der Waals surface area contributed by atoms with Crippen LogP contribution in [0.25, 0.3) is 6.08 Å². The van der Waals surface area contributed by atoms with Crippen molar-refractivity contribution in [2.45, 2.75) is 23.5 Å². The van der Waals surface area contributed by atoms with Gasteiger partial charge in [-0.05, 0) is 78.7 Å². The average Bonchev–Trinajstić information content (AvgIpc) is 2.97. The summed E-state index contributed by atoms with van der Waals surface area (Å²) in [6.07, 6.45) is 2.03. The number of benzene rings is 4. The molecule has 0 heterocycles. The molecule has 214 valence electrons. The van der Waals surface area contributed by atoms with Crippen LogP contribution in [0.15, 0.2) is 112 Å². The molecule has 0 saturated heterocycles. The molecule has 0 bridgehead atoms. The lowest BCUT2D eigenvalue weighted by Gasteiger charge is -2.16. The van der Waals surface area contributed by atoms with Crippen molar-refractivity contribution in [2.24, 2.45) is 0 Å². The van der Waals surface area contributed by atoms with Gasteiger partial charge in [-0.1, -0.05) is 70.9 Å². The average molecular weight is 667 g/mol. The van der Waals surface area contributed by atoms with Gasteiger partial charge in [0.25, 0.3) is 11.8 Å². The van der Waals surface area contributed by atoms with Crippen LogP contribution >= 0.6 is 39.3 Å². The van der Waals surface area contributed by atoms with Crippen LogP contribution < -0.4 is 16.0 Å². The van der Waals surface area contributed by atoms with Crippen molar-refractivity contribution in [3.05, 3.63) is 129 Å². The Morgan fingerprint density at radius 3 is 2.40 bits per heavy atom. The van der Waals surface area contributed by atoms with Crippen LogP contribution in [-0.2, 0) is 9.59 Å². The van der Waals surface area contributed by atoms with Crippen LogP contribution in [0, 0.1) is 5.82 Å². The third kappa shape index (κ3) is 8.79. The van der Waals surface area contributed by atoms with Gasteiger partial charge < -0.3 is 16.0 Å². The molecule has 10 heteroatoms. The van der Waals surface area contributed by atoms with E-state index in [0.29, 0.717) is 32.7 Å². The number of anilines is 2. The Hall–Kier alpha value is -3.92. The molecule has 0 aromatic heterocycles. The fourth-order valence-electron chi connectivity index (χ4n) is 3.84. The predicted molar refractivity (Wildman–Crippen MR) is 171 cm³/mol. The Labute approximate surface area is 260 Å². The Kier molecular flexibility index (Phi) is 10.9. The molecule has 3 N–H and O–H groups in total. The van der Waals surface area contributed by atoms with Gasteiger partial charge in [0.15, 0.2) is 0 Å². The van der Waals surface area contributed by atoms with Gasteiger partial charge in [-0.25, -0.2) is 4.39 Å². The van der Waals surface area contributed by atoms with Gasteiger partial charge in [0.2, 0.25) is 5.91 Å². The van der Waals surface area contributed by atoms with E-state index in [1.54, 1.807) is 84.9 Å². The Morgan fingerprint density at radius 1 is 0.929 bits per heavy atom. The van der Waals surface area contributed by atoms with Crippen molar-refractivity contribution in [2.75, 3.05) is 10.6 Å². The zero-order valence-corrected chi connectivity index (χ0v) is 25.5. The van der Waals surface area contributed by atoms with Crippen LogP contribution in [0.1, 0.15) is 29.3 Å². The Balaban J connectivity index is 1.50. The highest BCUT2D eigenvalue weighted by atomic mass is 79.9. The van der Waals surface area contributed by atoms with Gasteiger partial charge in [0.1, 0.15) is 11.5 Å². The smallest absolute Gasteiger partial charge is 0.272 e. The lowest BCUT2D eigenvalue weighted by molar-refractivity contribution is -0.116. The van der Waals surface area contributed by atoms with Gasteiger partial charge in [-0.15, -0.1) is 11.8 Å². The lowest BCUT2D eigenvalue weighted by Crippen LogP contribution is -2.30. The number of nitrogens with one attached hydrogen (secondary N) is 3. The predicted octanol–water partition coefficient (Wildman–Crippen LogP) is 8.16. The molecular weight excluding hydrogens is 641 g/mol. The number of carbonyl (C=O) groups is 3. The van der Waals surface area contributed by atoms with Gasteiger partial charge in [0, 0.05) is 25.6 Å². The number of carbonyl (C=O) groups excluding carboxylic acids is 3. The van der Waals surface area contributed by atoms with Crippen molar-refractivity contribution in [3.8, 4) is 0 Å². The Bertz CT molecular complexity index is 1630. The van der Waals surface area contributed by atoms with Gasteiger partial charge >= 0.3 is 0 Å². The summed E-state index contributed by atoms with van der Waals surface area (Å²) in [5.74, 6) is -1.86. The fraction of sp³-hybridized carbons (Fsp3) is 0.0938. The van der Waals surface area contributed by atoms with Crippen LogP contribution in [0.5, 0.6) is 0 Å². The molecule has 6 nitrogen and oxygen atoms in total. The summed E-state index contributed by atoms with van der Waals surface area (Å²) in [6.45, 7) is 1.86. The number of thioether (sulfide) groups is 1. The topological polar surface area (TPSA) is 87.3 Å². The van der Waals surface area contributed by atoms with Gasteiger partial charge in [-0.2, -0.15) is 0 Å². The van der Waals surface area contributed by atoms with E-state index in [2.05, 4.69) is 31.9 Å². The number of rotatable bonds is 10. The maximum absolute atomic E-state index is 14.2. The van der Waals surface area contributed by atoms with Crippen molar-refractivity contribution in [1.82, 2.24) is 5.32 Å². The van der Waals surface area contributed by atoms with E-state index in [4.69, 9.17) is 11.6 Å². The van der Waals surface area contributed by atoms with E-state index in [9.17, 15) is 18.8 Å². The number of amides is 3. The van der Waals surface area contributed by atoms with Crippen molar-refractivity contribution < 1.29 is 18.8 Å². The molecule has 1 atom stereocenters. The molecule has 4 rings (SSSR count). The highest BCUT2D eigenvalue weighted by Crippen LogP contribution is 2.29. The second kappa shape index (κ2) is 14.8. The fourth-order valence-corrected chi connectivity index (χ4v) is 5.39. The molecule has 0 aliphatic rings. The van der Waals surface area contributed by atoms with Crippen LogP contribution in [0.2, 0.25) is 5.02 Å². The van der Waals surface area contributed by atoms with E-state index in [1.807, 2.05) is 13.0 Å². The monoisotopic (exact) mass is 665 g/mol. The van der Waals surface area contributed by atoms with E-state index >= 15 is 0 Å². The summed E-state index contributed by atoms with van der Waals surface area (Å²) in [5.41, 5.74) is 1.61. The molecule has 3 amide bonds. The molecule has 0 saturated carbocycles. The molecule has 1 unspecified atom stereocenters. The summed E-state index contributed by atoms with van der Waals surface area (Å²) >= 11 is 10.6. The molecule has 4 aromatic rings. The van der Waals surface area contributed by atoms with Crippen LogP contribution in [-0.4, -0.2) is 23.0 Å². The standard InChI is InChI=1S/C32H26BrClFN3O3S/c1-2-29(32(41)37-27-15-14-22(33)18-26(27)35)42-25-13-7-12-24(19-25)36-31(40)28(17-20-8-6-11-23(34)16-20)38-30(39)21-9-4-3-5-10-21/h3-19,29H,2H2,1H3,(H,36,40)(H,37,41)(H,38,39)/b28-17-. The maximum Gasteiger partial charge on any atom is 0.272 e. The van der Waals surface area contributed by atoms with Gasteiger partial charge in [0.05, 0.1) is 10.9 Å². The van der Waals surface area contributed by atoms with Crippen molar-refractivity contribution in [3.63, 3.8) is 0 Å². The van der Waals surface area contributed by atoms with Crippen LogP contribution in [0.4, 0.5) is 15.8 Å². The van der Waals surface area contributed by atoms with E-state index in [1.165, 1.54) is 23.9 Å². The van der Waals surface area contributed by atoms with Crippen molar-refractivity contribution >= 4 is 74.5 Å². The minimum absolute atomic E-state index is 0.0199. The molecule has 0 aliphatic carbocycles. The number of hydrogen-bond acceptors (Lipinski definition) is 4. The normalized spacial score (nSPS) is 11.9. The highest BCUT2D eigenvalue weighted by molar-refractivity contribution is 9.10. The second-order valence-corrected chi connectivity index (χ2v) is 11.7. The Morgan fingerprint density at radius 2 is 1.69 bits per heavy atom. The lowest BCUT2D eigenvalue weighted by atomic mass is 10.1. The number of halogens is 3. The zero-order chi connectivity index (χ0) is 30.1. The summed E-state index contributed by atoms with van der Waals surface area (Å²) in [7, 11) is 0. The molecule has 0 radical (unpaired) electrons. The summed E-state index contributed by atoms with van der Waals surface area (Å²) < 4.78 is 14.8.